The number of carbonyl (C=O) groups excluding carboxylic acids is 2. The highest BCUT2D eigenvalue weighted by atomic mass is 79.9. The van der Waals surface area contributed by atoms with E-state index in [9.17, 15) is 22.8 Å². The summed E-state index contributed by atoms with van der Waals surface area (Å²) in [6, 6.07) is 2.80. The quantitative estimate of drug-likeness (QED) is 0.795. The highest BCUT2D eigenvalue weighted by molar-refractivity contribution is 9.10. The first-order valence-electron chi connectivity index (χ1n) is 8.01. The predicted molar refractivity (Wildman–Crippen MR) is 91.8 cm³/mol. The molecule has 1 N–H and O–H groups in total. The van der Waals surface area contributed by atoms with Crippen molar-refractivity contribution in [1.82, 2.24) is 14.9 Å². The van der Waals surface area contributed by atoms with E-state index in [1.807, 2.05) is 0 Å². The first kappa shape index (κ1) is 17.9. The summed E-state index contributed by atoms with van der Waals surface area (Å²) in [5.41, 5.74) is -1.02. The summed E-state index contributed by atoms with van der Waals surface area (Å²) < 4.78 is 41.7. The molecule has 27 heavy (non-hydrogen) atoms. The Hall–Kier alpha value is -2.49. The van der Waals surface area contributed by atoms with Crippen molar-refractivity contribution in [3.8, 4) is 0 Å². The average molecular weight is 441 g/mol. The van der Waals surface area contributed by atoms with Gasteiger partial charge < -0.3 is 4.90 Å². The Kier molecular flexibility index (Phi) is 4.17. The van der Waals surface area contributed by atoms with Crippen LogP contribution in [0.5, 0.6) is 0 Å². The smallest absolute Gasteiger partial charge is 0.254 e. The van der Waals surface area contributed by atoms with Crippen LogP contribution in [0.1, 0.15) is 22.3 Å². The number of anilines is 1. The van der Waals surface area contributed by atoms with E-state index in [0.29, 0.717) is 0 Å². The van der Waals surface area contributed by atoms with Gasteiger partial charge in [0.25, 0.3) is 5.91 Å². The van der Waals surface area contributed by atoms with Gasteiger partial charge in [0.05, 0.1) is 22.3 Å². The Morgan fingerprint density at radius 2 is 2.00 bits per heavy atom. The number of fused-ring (bicyclic) bond motifs is 2. The van der Waals surface area contributed by atoms with Crippen LogP contribution in [0.15, 0.2) is 29.0 Å². The van der Waals surface area contributed by atoms with Crippen molar-refractivity contribution in [3.05, 3.63) is 51.8 Å². The Morgan fingerprint density at radius 1 is 1.33 bits per heavy atom. The molecule has 2 amide bonds. The van der Waals surface area contributed by atoms with E-state index in [4.69, 9.17) is 0 Å². The van der Waals surface area contributed by atoms with Gasteiger partial charge in [0.15, 0.2) is 5.82 Å². The van der Waals surface area contributed by atoms with E-state index in [2.05, 4.69) is 31.2 Å². The number of hydrogen-bond donors (Lipinski definition) is 1. The number of amides is 2. The zero-order valence-corrected chi connectivity index (χ0v) is 15.3. The fourth-order valence-electron chi connectivity index (χ4n) is 3.40. The first-order valence-corrected chi connectivity index (χ1v) is 8.80. The predicted octanol–water partition coefficient (Wildman–Crippen LogP) is 2.59. The molecule has 2 aliphatic rings. The molecule has 1 aromatic carbocycles. The van der Waals surface area contributed by atoms with Gasteiger partial charge in [-0.3, -0.25) is 14.9 Å². The van der Waals surface area contributed by atoms with Crippen LogP contribution >= 0.6 is 15.9 Å². The summed E-state index contributed by atoms with van der Waals surface area (Å²) in [7, 11) is 0. The van der Waals surface area contributed by atoms with Gasteiger partial charge in [-0.25, -0.2) is 23.1 Å². The topological polar surface area (TPSA) is 75.2 Å². The van der Waals surface area contributed by atoms with E-state index in [-0.39, 0.29) is 41.1 Å². The van der Waals surface area contributed by atoms with Crippen LogP contribution in [-0.4, -0.2) is 45.9 Å². The lowest BCUT2D eigenvalue weighted by Gasteiger charge is -2.34. The maximum Gasteiger partial charge on any atom is 0.254 e. The molecule has 2 atom stereocenters. The third kappa shape index (κ3) is 2.97. The molecule has 1 saturated carbocycles. The molecule has 4 rings (SSSR count). The lowest BCUT2D eigenvalue weighted by atomic mass is 9.85. The summed E-state index contributed by atoms with van der Waals surface area (Å²) in [4.78, 5) is 33.3. The molecule has 0 saturated heterocycles. The van der Waals surface area contributed by atoms with Crippen LogP contribution in [0.4, 0.5) is 19.1 Å². The molecular formula is C17H12BrF3N4O2. The van der Waals surface area contributed by atoms with Gasteiger partial charge in [-0.1, -0.05) is 0 Å². The van der Waals surface area contributed by atoms with Gasteiger partial charge in [0.2, 0.25) is 11.9 Å². The third-order valence-electron chi connectivity index (χ3n) is 4.77. The highest BCUT2D eigenvalue weighted by Crippen LogP contribution is 2.55. The lowest BCUT2D eigenvalue weighted by molar-refractivity contribution is -0.117. The van der Waals surface area contributed by atoms with Gasteiger partial charge >= 0.3 is 0 Å². The van der Waals surface area contributed by atoms with Crippen molar-refractivity contribution >= 4 is 33.7 Å². The molecule has 0 bridgehead atoms. The summed E-state index contributed by atoms with van der Waals surface area (Å²) in [6.45, 7) is -0.490. The molecule has 10 heteroatoms. The van der Waals surface area contributed by atoms with Gasteiger partial charge in [0.1, 0.15) is 18.5 Å². The normalized spacial score (nSPS) is 23.3. The standard InChI is InChI=1S/C17H12BrF3N4O2/c18-10-2-1-9-13(14(10)21)17(3-11(17)20)7-25(15(9)27)6-12(26)24-16-22-4-8(19)5-23-16/h1-2,4-5,11H,3,6-7H2,(H,22,23,24,26)/t11-,17-/m0/s1. The molecule has 2 heterocycles. The SMILES string of the molecule is O=C(CN1C[C@]2(C[C@@H]2F)c2c(ccc(Br)c2F)C1=O)Nc1ncc(F)cn1. The minimum Gasteiger partial charge on any atom is -0.328 e. The molecule has 6 nitrogen and oxygen atoms in total. The van der Waals surface area contributed by atoms with Crippen molar-refractivity contribution in [2.45, 2.75) is 18.0 Å². The maximum atomic E-state index is 14.6. The van der Waals surface area contributed by atoms with Gasteiger partial charge in [0, 0.05) is 17.7 Å². The van der Waals surface area contributed by atoms with Gasteiger partial charge in [-0.05, 0) is 34.5 Å². The number of aromatic nitrogens is 2. The summed E-state index contributed by atoms with van der Waals surface area (Å²) in [5, 5.41) is 2.34. The Balaban J connectivity index is 1.58. The number of rotatable bonds is 3. The zero-order valence-electron chi connectivity index (χ0n) is 13.7. The number of hydrogen-bond acceptors (Lipinski definition) is 4. The van der Waals surface area contributed by atoms with Gasteiger partial charge in [-0.15, -0.1) is 0 Å². The molecule has 1 aliphatic heterocycles. The number of alkyl halides is 1. The number of nitrogens with one attached hydrogen (secondary N) is 1. The van der Waals surface area contributed by atoms with Crippen LogP contribution < -0.4 is 5.32 Å². The van der Waals surface area contributed by atoms with Crippen LogP contribution in [0.25, 0.3) is 0 Å². The minimum absolute atomic E-state index is 0.0490. The van der Waals surface area contributed by atoms with Crippen molar-refractivity contribution in [2.24, 2.45) is 0 Å². The second-order valence-corrected chi connectivity index (χ2v) is 7.40. The molecule has 1 fully saturated rings. The summed E-state index contributed by atoms with van der Waals surface area (Å²) in [5.74, 6) is -2.61. The number of carbonyl (C=O) groups is 2. The van der Waals surface area contributed by atoms with Crippen LogP contribution in [0.2, 0.25) is 0 Å². The van der Waals surface area contributed by atoms with Crippen LogP contribution in [0.3, 0.4) is 0 Å². The number of benzene rings is 1. The highest BCUT2D eigenvalue weighted by Gasteiger charge is 2.62. The van der Waals surface area contributed by atoms with Crippen molar-refractivity contribution in [2.75, 3.05) is 18.4 Å². The largest absolute Gasteiger partial charge is 0.328 e. The van der Waals surface area contributed by atoms with E-state index < -0.39 is 35.0 Å². The Labute approximate surface area is 159 Å². The van der Waals surface area contributed by atoms with Crippen LogP contribution in [-0.2, 0) is 10.2 Å². The molecule has 0 radical (unpaired) electrons. The molecule has 1 aromatic heterocycles. The van der Waals surface area contributed by atoms with Crippen LogP contribution in [0, 0.1) is 11.6 Å². The minimum atomic E-state index is -1.29. The zero-order chi connectivity index (χ0) is 19.3. The summed E-state index contributed by atoms with van der Waals surface area (Å²) >= 11 is 3.06. The van der Waals surface area contributed by atoms with Crippen molar-refractivity contribution in [1.29, 1.82) is 0 Å². The monoisotopic (exact) mass is 440 g/mol. The molecule has 1 spiro atoms. The fraction of sp³-hybridized carbons (Fsp3) is 0.294. The first-order chi connectivity index (χ1) is 12.8. The summed E-state index contributed by atoms with van der Waals surface area (Å²) in [6.07, 6.45) is 0.565. The second-order valence-electron chi connectivity index (χ2n) is 6.55. The number of nitrogens with zero attached hydrogens (tertiary/aromatic N) is 3. The van der Waals surface area contributed by atoms with Crippen molar-refractivity contribution in [3.63, 3.8) is 0 Å². The molecule has 0 unspecified atom stereocenters. The van der Waals surface area contributed by atoms with E-state index in [0.717, 1.165) is 12.4 Å². The molecular weight excluding hydrogens is 429 g/mol. The van der Waals surface area contributed by atoms with E-state index >= 15 is 0 Å². The molecule has 2 aromatic rings. The van der Waals surface area contributed by atoms with Crippen molar-refractivity contribution < 1.29 is 22.8 Å². The fourth-order valence-corrected chi connectivity index (χ4v) is 3.73. The number of halogens is 4. The maximum absolute atomic E-state index is 14.6. The van der Waals surface area contributed by atoms with E-state index in [1.54, 1.807) is 0 Å². The Morgan fingerprint density at radius 3 is 2.63 bits per heavy atom. The molecule has 1 aliphatic carbocycles. The average Bonchev–Trinajstić information content (AvgIpc) is 3.26. The second kappa shape index (κ2) is 6.29. The van der Waals surface area contributed by atoms with Gasteiger partial charge in [-0.2, -0.15) is 0 Å². The lowest BCUT2D eigenvalue weighted by Crippen LogP contribution is -2.48. The third-order valence-corrected chi connectivity index (χ3v) is 5.38. The Bertz CT molecular complexity index is 956. The van der Waals surface area contributed by atoms with E-state index in [1.165, 1.54) is 17.0 Å². The molecule has 140 valence electrons.